The van der Waals surface area contributed by atoms with E-state index < -0.39 is 0 Å². The van der Waals surface area contributed by atoms with Gasteiger partial charge in [-0.1, -0.05) is 33.1 Å². The number of aliphatic hydroxyl groups excluding tert-OH is 1. The lowest BCUT2D eigenvalue weighted by molar-refractivity contribution is 0.0646. The fourth-order valence-corrected chi connectivity index (χ4v) is 3.09. The third-order valence-corrected chi connectivity index (χ3v) is 4.12. The molecule has 3 atom stereocenters. The molecular formula is C14H30N2O. The Morgan fingerprint density at radius 2 is 2.06 bits per heavy atom. The summed E-state index contributed by atoms with van der Waals surface area (Å²) in [6.45, 7) is 5.73. The molecule has 3 heteroatoms. The first kappa shape index (κ1) is 14.9. The number of hydrogen-bond acceptors (Lipinski definition) is 3. The zero-order chi connectivity index (χ0) is 12.7. The minimum absolute atomic E-state index is 0.122. The van der Waals surface area contributed by atoms with Crippen LogP contribution in [0.1, 0.15) is 58.8 Å². The topological polar surface area (TPSA) is 49.5 Å². The molecule has 0 spiro atoms. The summed E-state index contributed by atoms with van der Waals surface area (Å²) in [7, 11) is 0. The number of aliphatic hydroxyl groups is 1. The summed E-state index contributed by atoms with van der Waals surface area (Å²) in [5.41, 5.74) is 6.24. The molecule has 0 aromatic heterocycles. The van der Waals surface area contributed by atoms with E-state index in [0.717, 1.165) is 19.4 Å². The molecule has 1 aliphatic heterocycles. The zero-order valence-corrected chi connectivity index (χ0v) is 11.6. The predicted molar refractivity (Wildman–Crippen MR) is 73.0 cm³/mol. The Morgan fingerprint density at radius 3 is 2.65 bits per heavy atom. The van der Waals surface area contributed by atoms with Gasteiger partial charge < -0.3 is 10.8 Å². The lowest BCUT2D eigenvalue weighted by Gasteiger charge is -2.38. The van der Waals surface area contributed by atoms with Crippen LogP contribution in [0.4, 0.5) is 0 Å². The van der Waals surface area contributed by atoms with E-state index in [9.17, 15) is 5.11 Å². The monoisotopic (exact) mass is 242 g/mol. The van der Waals surface area contributed by atoms with Crippen molar-refractivity contribution in [3.63, 3.8) is 0 Å². The summed E-state index contributed by atoms with van der Waals surface area (Å²) in [4.78, 5) is 2.49. The maximum atomic E-state index is 9.66. The molecule has 0 amide bonds. The lowest BCUT2D eigenvalue weighted by atomic mass is 9.99. The van der Waals surface area contributed by atoms with Crippen molar-refractivity contribution in [3.05, 3.63) is 0 Å². The van der Waals surface area contributed by atoms with E-state index in [0.29, 0.717) is 6.04 Å². The normalized spacial score (nSPS) is 26.5. The second-order valence-electron chi connectivity index (χ2n) is 5.35. The van der Waals surface area contributed by atoms with Crippen molar-refractivity contribution < 1.29 is 5.11 Å². The van der Waals surface area contributed by atoms with Crippen molar-refractivity contribution in [2.45, 2.75) is 76.9 Å². The molecule has 1 fully saturated rings. The molecule has 3 N–H and O–H groups in total. The number of nitrogens with two attached hydrogens (primary N) is 1. The molecule has 0 aliphatic carbocycles. The van der Waals surface area contributed by atoms with Crippen LogP contribution in [0.25, 0.3) is 0 Å². The minimum atomic E-state index is 0.122. The van der Waals surface area contributed by atoms with E-state index in [-0.39, 0.29) is 18.7 Å². The van der Waals surface area contributed by atoms with Gasteiger partial charge in [0, 0.05) is 18.1 Å². The Kier molecular flexibility index (Phi) is 7.09. The van der Waals surface area contributed by atoms with Gasteiger partial charge in [0.05, 0.1) is 6.61 Å². The van der Waals surface area contributed by atoms with Crippen LogP contribution in [0.2, 0.25) is 0 Å². The fourth-order valence-electron chi connectivity index (χ4n) is 3.09. The number of nitrogens with zero attached hydrogens (tertiary/aromatic N) is 1. The first-order valence-corrected chi connectivity index (χ1v) is 7.36. The van der Waals surface area contributed by atoms with Gasteiger partial charge in [-0.15, -0.1) is 0 Å². The van der Waals surface area contributed by atoms with Crippen LogP contribution in [0, 0.1) is 0 Å². The highest BCUT2D eigenvalue weighted by Gasteiger charge is 2.29. The number of likely N-dealkylation sites (tertiary alicyclic amines) is 1. The predicted octanol–water partition coefficient (Wildman–Crippen LogP) is 2.13. The Labute approximate surface area is 106 Å². The average molecular weight is 242 g/mol. The van der Waals surface area contributed by atoms with E-state index in [1.165, 1.54) is 32.1 Å². The Morgan fingerprint density at radius 1 is 1.29 bits per heavy atom. The smallest absolute Gasteiger partial charge is 0.0602 e. The van der Waals surface area contributed by atoms with Crippen LogP contribution in [0.3, 0.4) is 0 Å². The van der Waals surface area contributed by atoms with Gasteiger partial charge in [-0.3, -0.25) is 4.90 Å². The number of rotatable bonds is 6. The van der Waals surface area contributed by atoms with Crippen molar-refractivity contribution in [2.75, 3.05) is 13.2 Å². The van der Waals surface area contributed by atoms with Crippen LogP contribution >= 0.6 is 0 Å². The lowest BCUT2D eigenvalue weighted by Crippen LogP contribution is -2.53. The van der Waals surface area contributed by atoms with Gasteiger partial charge in [-0.05, 0) is 32.2 Å². The molecule has 0 aromatic rings. The van der Waals surface area contributed by atoms with Gasteiger partial charge in [0.2, 0.25) is 0 Å². The Hall–Kier alpha value is -0.120. The molecule has 102 valence electrons. The van der Waals surface area contributed by atoms with Crippen molar-refractivity contribution in [1.29, 1.82) is 0 Å². The first-order chi connectivity index (χ1) is 8.24. The Bertz CT molecular complexity index is 199. The van der Waals surface area contributed by atoms with Gasteiger partial charge in [0.15, 0.2) is 0 Å². The third-order valence-electron chi connectivity index (χ3n) is 4.12. The SMILES string of the molecule is CCCC(N)C(CO)N1CCCCCC1CC. The maximum Gasteiger partial charge on any atom is 0.0602 e. The molecular weight excluding hydrogens is 212 g/mol. The molecule has 0 saturated carbocycles. The summed E-state index contributed by atoms with van der Waals surface area (Å²) in [5.74, 6) is 0. The molecule has 3 nitrogen and oxygen atoms in total. The van der Waals surface area contributed by atoms with Crippen LogP contribution in [-0.4, -0.2) is 41.3 Å². The van der Waals surface area contributed by atoms with Crippen molar-refractivity contribution in [1.82, 2.24) is 4.90 Å². The summed E-state index contributed by atoms with van der Waals surface area (Å²) in [5, 5.41) is 9.66. The summed E-state index contributed by atoms with van der Waals surface area (Å²) >= 11 is 0. The van der Waals surface area contributed by atoms with E-state index >= 15 is 0 Å². The van der Waals surface area contributed by atoms with Gasteiger partial charge in [-0.2, -0.15) is 0 Å². The van der Waals surface area contributed by atoms with Gasteiger partial charge >= 0.3 is 0 Å². The molecule has 0 radical (unpaired) electrons. The molecule has 1 rings (SSSR count). The fraction of sp³-hybridized carbons (Fsp3) is 1.00. The molecule has 1 saturated heterocycles. The van der Waals surface area contributed by atoms with Crippen LogP contribution in [0.15, 0.2) is 0 Å². The summed E-state index contributed by atoms with van der Waals surface area (Å²) in [6.07, 6.45) is 8.47. The average Bonchev–Trinajstić information content (AvgIpc) is 2.56. The number of hydrogen-bond donors (Lipinski definition) is 2. The van der Waals surface area contributed by atoms with Crippen LogP contribution in [0.5, 0.6) is 0 Å². The van der Waals surface area contributed by atoms with E-state index in [2.05, 4.69) is 18.7 Å². The van der Waals surface area contributed by atoms with E-state index in [1.54, 1.807) is 0 Å². The van der Waals surface area contributed by atoms with E-state index in [1.807, 2.05) is 0 Å². The summed E-state index contributed by atoms with van der Waals surface area (Å²) < 4.78 is 0. The highest BCUT2D eigenvalue weighted by molar-refractivity contribution is 4.87. The quantitative estimate of drug-likeness (QED) is 0.750. The molecule has 1 heterocycles. The van der Waals surface area contributed by atoms with Crippen LogP contribution in [-0.2, 0) is 0 Å². The van der Waals surface area contributed by atoms with Gasteiger partial charge in [0.1, 0.15) is 0 Å². The first-order valence-electron chi connectivity index (χ1n) is 7.36. The molecule has 0 bridgehead atoms. The maximum absolute atomic E-state index is 9.66. The second-order valence-corrected chi connectivity index (χ2v) is 5.35. The third kappa shape index (κ3) is 4.23. The standard InChI is InChI=1S/C14H30N2O/c1-3-8-13(15)14(11-17)16-10-7-5-6-9-12(16)4-2/h12-14,17H,3-11,15H2,1-2H3. The van der Waals surface area contributed by atoms with Gasteiger partial charge in [-0.25, -0.2) is 0 Å². The largest absolute Gasteiger partial charge is 0.395 e. The Balaban J connectivity index is 2.68. The molecule has 0 aromatic carbocycles. The molecule has 3 unspecified atom stereocenters. The molecule has 17 heavy (non-hydrogen) atoms. The highest BCUT2D eigenvalue weighted by Crippen LogP contribution is 2.23. The minimum Gasteiger partial charge on any atom is -0.395 e. The van der Waals surface area contributed by atoms with Crippen molar-refractivity contribution in [3.8, 4) is 0 Å². The highest BCUT2D eigenvalue weighted by atomic mass is 16.3. The summed E-state index contributed by atoms with van der Waals surface area (Å²) in [6, 6.07) is 0.910. The van der Waals surface area contributed by atoms with Crippen molar-refractivity contribution in [2.24, 2.45) is 5.73 Å². The van der Waals surface area contributed by atoms with Crippen molar-refractivity contribution >= 4 is 0 Å². The zero-order valence-electron chi connectivity index (χ0n) is 11.6. The molecule has 1 aliphatic rings. The second kappa shape index (κ2) is 8.06. The van der Waals surface area contributed by atoms with E-state index in [4.69, 9.17) is 5.73 Å². The van der Waals surface area contributed by atoms with Gasteiger partial charge in [0.25, 0.3) is 0 Å². The van der Waals surface area contributed by atoms with Crippen LogP contribution < -0.4 is 5.73 Å².